The molecular weight excluding hydrogens is 446 g/mol. The lowest BCUT2D eigenvalue weighted by Crippen LogP contribution is -2.49. The molecule has 1 aromatic heterocycles. The van der Waals surface area contributed by atoms with Crippen molar-refractivity contribution in [3.05, 3.63) is 29.6 Å². The van der Waals surface area contributed by atoms with Crippen molar-refractivity contribution in [2.75, 3.05) is 6.54 Å². The Kier molecular flexibility index (Phi) is 8.49. The van der Waals surface area contributed by atoms with Crippen LogP contribution in [0.3, 0.4) is 0 Å². The fourth-order valence-electron chi connectivity index (χ4n) is 5.68. The molecular formula is C27H47N3O3S. The minimum Gasteiger partial charge on any atom is -0.598 e. The maximum absolute atomic E-state index is 13.0. The highest BCUT2D eigenvalue weighted by Crippen LogP contribution is 2.50. The lowest BCUT2D eigenvalue weighted by molar-refractivity contribution is 0.0632. The summed E-state index contributed by atoms with van der Waals surface area (Å²) in [5.74, 6) is 0.424. The molecule has 6 nitrogen and oxygen atoms in total. The highest BCUT2D eigenvalue weighted by atomic mass is 32.2. The Morgan fingerprint density at radius 2 is 1.79 bits per heavy atom. The second-order valence-corrected chi connectivity index (χ2v) is 15.5. The van der Waals surface area contributed by atoms with Crippen molar-refractivity contribution in [1.29, 1.82) is 0 Å². The van der Waals surface area contributed by atoms with Crippen molar-refractivity contribution < 1.29 is 14.5 Å². The predicted molar refractivity (Wildman–Crippen MR) is 141 cm³/mol. The molecule has 1 aliphatic heterocycles. The van der Waals surface area contributed by atoms with E-state index in [0.717, 1.165) is 24.1 Å². The van der Waals surface area contributed by atoms with Crippen LogP contribution in [0.5, 0.6) is 0 Å². The summed E-state index contributed by atoms with van der Waals surface area (Å²) in [6, 6.07) is 3.98. The van der Waals surface area contributed by atoms with Crippen LogP contribution in [0.15, 0.2) is 18.3 Å². The van der Waals surface area contributed by atoms with E-state index in [1.165, 1.54) is 0 Å². The predicted octanol–water partition coefficient (Wildman–Crippen LogP) is 6.30. The molecule has 1 aliphatic rings. The van der Waals surface area contributed by atoms with Crippen LogP contribution >= 0.6 is 0 Å². The number of amides is 1. The normalized spacial score (nSPS) is 23.1. The topological polar surface area (TPSA) is 88.5 Å². The van der Waals surface area contributed by atoms with E-state index in [1.807, 2.05) is 46.9 Å². The van der Waals surface area contributed by atoms with Crippen LogP contribution < -0.4 is 4.72 Å². The number of hydrogen-bond acceptors (Lipinski definition) is 4. The van der Waals surface area contributed by atoms with Gasteiger partial charge in [0.05, 0.1) is 11.7 Å². The molecule has 1 aromatic rings. The highest BCUT2D eigenvalue weighted by molar-refractivity contribution is 7.90. The molecule has 2 heterocycles. The quantitative estimate of drug-likeness (QED) is 0.454. The molecule has 0 bridgehead atoms. The molecule has 4 atom stereocenters. The lowest BCUT2D eigenvalue weighted by Gasteiger charge is -2.42. The van der Waals surface area contributed by atoms with Crippen molar-refractivity contribution in [3.8, 4) is 0 Å². The van der Waals surface area contributed by atoms with E-state index in [4.69, 9.17) is 4.98 Å². The van der Waals surface area contributed by atoms with Crippen molar-refractivity contribution >= 4 is 17.5 Å². The molecule has 0 radical (unpaired) electrons. The summed E-state index contributed by atoms with van der Waals surface area (Å²) in [6.07, 6.45) is 2.64. The Bertz CT molecular complexity index is 835. The molecule has 1 saturated heterocycles. The first-order chi connectivity index (χ1) is 15.3. The third-order valence-electron chi connectivity index (χ3n) is 7.15. The lowest BCUT2D eigenvalue weighted by atomic mass is 9.65. The molecule has 0 spiro atoms. The molecule has 3 unspecified atom stereocenters. The Hall–Kier alpha value is -1.31. The van der Waals surface area contributed by atoms with Gasteiger partial charge in [0.25, 0.3) is 0 Å². The summed E-state index contributed by atoms with van der Waals surface area (Å²) in [4.78, 5) is 18.4. The van der Waals surface area contributed by atoms with Gasteiger partial charge in [0.1, 0.15) is 4.75 Å². The van der Waals surface area contributed by atoms with Crippen LogP contribution in [0.2, 0.25) is 0 Å². The van der Waals surface area contributed by atoms with Gasteiger partial charge in [0, 0.05) is 29.6 Å². The summed E-state index contributed by atoms with van der Waals surface area (Å²) in [5.41, 5.74) is 1.57. The summed E-state index contributed by atoms with van der Waals surface area (Å²) >= 11 is -1.24. The van der Waals surface area contributed by atoms with Gasteiger partial charge in [-0.2, -0.15) is 0 Å². The molecule has 2 N–H and O–H groups in total. The van der Waals surface area contributed by atoms with Crippen molar-refractivity contribution in [2.45, 2.75) is 111 Å². The third-order valence-corrected chi connectivity index (χ3v) is 8.76. The number of likely N-dealkylation sites (tertiary alicyclic amines) is 1. The van der Waals surface area contributed by atoms with Crippen LogP contribution in [0.4, 0.5) is 4.79 Å². The van der Waals surface area contributed by atoms with Gasteiger partial charge in [-0.25, -0.2) is 4.79 Å². The fraction of sp³-hybridized carbons (Fsp3) is 0.778. The number of nitrogens with one attached hydrogen (secondary N) is 1. The van der Waals surface area contributed by atoms with E-state index >= 15 is 0 Å². The van der Waals surface area contributed by atoms with Gasteiger partial charge < -0.3 is 14.6 Å². The second kappa shape index (κ2) is 9.98. The van der Waals surface area contributed by atoms with Crippen molar-refractivity contribution in [2.24, 2.45) is 17.3 Å². The van der Waals surface area contributed by atoms with E-state index in [1.54, 1.807) is 4.90 Å². The number of carboxylic acid groups (broad SMARTS) is 1. The third kappa shape index (κ3) is 6.67. The first kappa shape index (κ1) is 28.9. The van der Waals surface area contributed by atoms with Gasteiger partial charge in [-0.05, 0) is 81.8 Å². The zero-order valence-corrected chi connectivity index (χ0v) is 24.0. The maximum atomic E-state index is 13.0. The van der Waals surface area contributed by atoms with Crippen LogP contribution in [-0.4, -0.2) is 42.5 Å². The van der Waals surface area contributed by atoms with Crippen LogP contribution in [-0.2, 0) is 16.8 Å². The van der Waals surface area contributed by atoms with Gasteiger partial charge in [0.2, 0.25) is 0 Å². The SMILES string of the molecule is CC(C)(C)c1ccc(C(CC[C@@H]2CN(C(=O)O)C(C)(C)C2C(C)(C)C)N[S+]([O-])C(C)(C)C)nc1. The molecule has 0 saturated carbocycles. The smallest absolute Gasteiger partial charge is 0.407 e. The number of hydrogen-bond donors (Lipinski definition) is 2. The molecule has 0 aliphatic carbocycles. The molecule has 34 heavy (non-hydrogen) atoms. The van der Waals surface area contributed by atoms with Crippen LogP contribution in [0.25, 0.3) is 0 Å². The van der Waals surface area contributed by atoms with E-state index < -0.39 is 27.7 Å². The molecule has 194 valence electrons. The average molecular weight is 494 g/mol. The first-order valence-electron chi connectivity index (χ1n) is 12.4. The van der Waals surface area contributed by atoms with E-state index in [0.29, 0.717) is 6.54 Å². The van der Waals surface area contributed by atoms with Crippen molar-refractivity contribution in [1.82, 2.24) is 14.6 Å². The number of carbonyl (C=O) groups is 1. The summed E-state index contributed by atoms with van der Waals surface area (Å²) in [6.45, 7) is 23.6. The molecule has 7 heteroatoms. The number of nitrogens with zero attached hydrogens (tertiary/aromatic N) is 2. The standard InChI is InChI=1S/C27H47N3O3S/c1-24(2,3)19-13-15-20(28-16-19)21(29-34(33)26(7,8)9)14-12-18-17-30(23(31)32)27(10,11)22(18)25(4,5)6/h13,15-16,18,21-22,29H,12,14,17H2,1-11H3,(H,31,32)/t18-,21?,22?,34?/m1/s1. The van der Waals surface area contributed by atoms with Crippen LogP contribution in [0.1, 0.15) is 106 Å². The number of pyridine rings is 1. The Morgan fingerprint density at radius 3 is 2.21 bits per heavy atom. The summed E-state index contributed by atoms with van der Waals surface area (Å²) < 4.78 is 16.0. The number of rotatable bonds is 6. The fourth-order valence-corrected chi connectivity index (χ4v) is 6.53. The molecule has 1 fully saturated rings. The Labute approximate surface area is 210 Å². The largest absolute Gasteiger partial charge is 0.598 e. The van der Waals surface area contributed by atoms with Gasteiger partial charge in [0.15, 0.2) is 0 Å². The minimum atomic E-state index is -1.24. The monoisotopic (exact) mass is 493 g/mol. The van der Waals surface area contributed by atoms with Gasteiger partial charge in [-0.15, -0.1) is 4.72 Å². The van der Waals surface area contributed by atoms with Gasteiger partial charge >= 0.3 is 6.09 Å². The average Bonchev–Trinajstić information content (AvgIpc) is 2.94. The molecule has 1 amide bonds. The maximum Gasteiger partial charge on any atom is 0.407 e. The second-order valence-electron chi connectivity index (χ2n) is 13.5. The zero-order chi connectivity index (χ0) is 26.3. The van der Waals surface area contributed by atoms with Crippen molar-refractivity contribution in [3.63, 3.8) is 0 Å². The van der Waals surface area contributed by atoms with Crippen LogP contribution in [0, 0.1) is 17.3 Å². The number of aromatic nitrogens is 1. The van der Waals surface area contributed by atoms with E-state index in [2.05, 4.69) is 52.3 Å². The first-order valence-corrected chi connectivity index (χ1v) is 13.6. The summed E-state index contributed by atoms with van der Waals surface area (Å²) in [5, 5.41) is 9.87. The molecule has 2 rings (SSSR count). The van der Waals surface area contributed by atoms with E-state index in [-0.39, 0.29) is 28.7 Å². The van der Waals surface area contributed by atoms with Gasteiger partial charge in [-0.3, -0.25) is 4.98 Å². The Balaban J connectivity index is 2.33. The Morgan fingerprint density at radius 1 is 1.21 bits per heavy atom. The zero-order valence-electron chi connectivity index (χ0n) is 23.2. The highest BCUT2D eigenvalue weighted by Gasteiger charge is 2.53. The van der Waals surface area contributed by atoms with Gasteiger partial charge in [-0.1, -0.05) is 47.6 Å². The summed E-state index contributed by atoms with van der Waals surface area (Å²) in [7, 11) is 0. The minimum absolute atomic E-state index is 0.0122. The van der Waals surface area contributed by atoms with E-state index in [9.17, 15) is 14.5 Å². The molecule has 0 aromatic carbocycles.